The molecule has 2 N–H and O–H groups in total. The summed E-state index contributed by atoms with van der Waals surface area (Å²) in [4.78, 5) is 13.1. The van der Waals surface area contributed by atoms with Gasteiger partial charge in [-0.3, -0.25) is 0 Å². The number of benzene rings is 1. The first kappa shape index (κ1) is 26.4. The Balaban J connectivity index is 1.52. The van der Waals surface area contributed by atoms with Crippen LogP contribution in [-0.2, 0) is 30.3 Å². The number of fused-ring (bicyclic) bond motifs is 1. The van der Waals surface area contributed by atoms with Gasteiger partial charge in [0.25, 0.3) is 0 Å². The highest BCUT2D eigenvalue weighted by atomic mass is 16.8. The van der Waals surface area contributed by atoms with Crippen molar-refractivity contribution in [3.8, 4) is 0 Å². The SMILES string of the molecule is CC1CCC(C(C)C)C(OC(=O)O[C@H]2[C@H]3OC(C)(C)O[C@H]3[C@H](O)[C@@H](O)[C@@H]2OCc2ccccc2)C1. The molecule has 2 aliphatic carbocycles. The van der Waals surface area contributed by atoms with Gasteiger partial charge in [0, 0.05) is 0 Å². The molecule has 196 valence electrons. The summed E-state index contributed by atoms with van der Waals surface area (Å²) in [5, 5.41) is 21.7. The van der Waals surface area contributed by atoms with E-state index >= 15 is 0 Å². The predicted octanol–water partition coefficient (Wildman–Crippen LogP) is 3.81. The van der Waals surface area contributed by atoms with E-state index in [2.05, 4.69) is 20.8 Å². The Bertz CT molecular complexity index is 843. The Morgan fingerprint density at radius 3 is 2.40 bits per heavy atom. The quantitative estimate of drug-likeness (QED) is 0.578. The van der Waals surface area contributed by atoms with Crippen LogP contribution in [0, 0.1) is 17.8 Å². The summed E-state index contributed by atoms with van der Waals surface area (Å²) in [6.45, 7) is 10.1. The fourth-order valence-corrected chi connectivity index (χ4v) is 5.71. The van der Waals surface area contributed by atoms with Crippen LogP contribution in [0.4, 0.5) is 4.79 Å². The van der Waals surface area contributed by atoms with Crippen molar-refractivity contribution in [2.45, 2.75) is 109 Å². The summed E-state index contributed by atoms with van der Waals surface area (Å²) in [6.07, 6.45) is -4.47. The van der Waals surface area contributed by atoms with Gasteiger partial charge in [0.2, 0.25) is 0 Å². The van der Waals surface area contributed by atoms with E-state index in [4.69, 9.17) is 23.7 Å². The molecule has 0 amide bonds. The zero-order valence-corrected chi connectivity index (χ0v) is 21.3. The van der Waals surface area contributed by atoms with Crippen molar-refractivity contribution in [1.29, 1.82) is 0 Å². The summed E-state index contributed by atoms with van der Waals surface area (Å²) in [7, 11) is 0. The number of aliphatic hydroxyl groups is 2. The Labute approximate surface area is 207 Å². The standard InChI is InChI=1S/C27H40O8/c1-15(2)18-12-11-16(3)13-19(18)32-26(30)33-24-22(31-14-17-9-7-6-8-10-17)20(28)21(29)23-25(24)35-27(4,5)34-23/h6-10,15-16,18-25,28-29H,11-14H2,1-5H3/t16?,18?,19?,20-,21-,22+,23+,24-,25+/m1/s1. The van der Waals surface area contributed by atoms with E-state index in [9.17, 15) is 15.0 Å². The largest absolute Gasteiger partial charge is 0.509 e. The lowest BCUT2D eigenvalue weighted by molar-refractivity contribution is -0.217. The normalized spacial score (nSPS) is 38.7. The second-order valence-corrected chi connectivity index (χ2v) is 11.1. The van der Waals surface area contributed by atoms with E-state index in [0.29, 0.717) is 11.8 Å². The van der Waals surface area contributed by atoms with Crippen LogP contribution in [-0.4, -0.2) is 64.9 Å². The maximum Gasteiger partial charge on any atom is 0.509 e. The van der Waals surface area contributed by atoms with E-state index in [0.717, 1.165) is 24.8 Å². The van der Waals surface area contributed by atoms with Crippen molar-refractivity contribution < 1.29 is 38.7 Å². The van der Waals surface area contributed by atoms with Gasteiger partial charge in [0.15, 0.2) is 11.9 Å². The molecule has 0 bridgehead atoms. The molecule has 35 heavy (non-hydrogen) atoms. The molecular formula is C27H40O8. The third-order valence-electron chi connectivity index (χ3n) is 7.56. The first-order valence-electron chi connectivity index (χ1n) is 12.8. The summed E-state index contributed by atoms with van der Waals surface area (Å²) in [5.41, 5.74) is 0.887. The van der Waals surface area contributed by atoms with Gasteiger partial charge in [-0.1, -0.05) is 57.5 Å². The van der Waals surface area contributed by atoms with Crippen molar-refractivity contribution in [2.75, 3.05) is 0 Å². The molecule has 4 rings (SSSR count). The summed E-state index contributed by atoms with van der Waals surface area (Å²) in [5.74, 6) is 0.0939. The number of carbonyl (C=O) groups is 1. The molecule has 9 atom stereocenters. The van der Waals surface area contributed by atoms with Crippen LogP contribution in [0.15, 0.2) is 30.3 Å². The van der Waals surface area contributed by atoms with E-state index < -0.39 is 48.6 Å². The van der Waals surface area contributed by atoms with Crippen molar-refractivity contribution in [3.63, 3.8) is 0 Å². The predicted molar refractivity (Wildman–Crippen MR) is 127 cm³/mol. The lowest BCUT2D eigenvalue weighted by Gasteiger charge is -2.43. The minimum absolute atomic E-state index is 0.168. The first-order valence-corrected chi connectivity index (χ1v) is 12.8. The number of rotatable bonds is 6. The van der Waals surface area contributed by atoms with Crippen LogP contribution in [0.1, 0.15) is 59.4 Å². The van der Waals surface area contributed by atoms with Gasteiger partial charge in [-0.15, -0.1) is 0 Å². The van der Waals surface area contributed by atoms with E-state index in [1.807, 2.05) is 30.3 Å². The van der Waals surface area contributed by atoms with Crippen molar-refractivity contribution in [2.24, 2.45) is 17.8 Å². The van der Waals surface area contributed by atoms with Gasteiger partial charge >= 0.3 is 6.16 Å². The van der Waals surface area contributed by atoms with Crippen molar-refractivity contribution >= 4 is 6.16 Å². The van der Waals surface area contributed by atoms with Crippen LogP contribution < -0.4 is 0 Å². The van der Waals surface area contributed by atoms with Crippen LogP contribution >= 0.6 is 0 Å². The number of hydrogen-bond donors (Lipinski definition) is 2. The van der Waals surface area contributed by atoms with Gasteiger partial charge in [0.05, 0.1) is 6.61 Å². The fourth-order valence-electron chi connectivity index (χ4n) is 5.71. The molecule has 1 saturated heterocycles. The lowest BCUT2D eigenvalue weighted by Crippen LogP contribution is -2.64. The average Bonchev–Trinajstić information content (AvgIpc) is 3.13. The number of hydrogen-bond acceptors (Lipinski definition) is 8. The Kier molecular flexibility index (Phi) is 8.08. The number of carbonyl (C=O) groups excluding carboxylic acids is 1. The van der Waals surface area contributed by atoms with Gasteiger partial charge in [-0.25, -0.2) is 4.79 Å². The molecule has 0 spiro atoms. The summed E-state index contributed by atoms with van der Waals surface area (Å²) in [6, 6.07) is 9.47. The smallest absolute Gasteiger partial charge is 0.431 e. The molecule has 1 aliphatic heterocycles. The fraction of sp³-hybridized carbons (Fsp3) is 0.741. The summed E-state index contributed by atoms with van der Waals surface area (Å²) < 4.78 is 29.6. The summed E-state index contributed by atoms with van der Waals surface area (Å²) >= 11 is 0. The second-order valence-electron chi connectivity index (χ2n) is 11.1. The highest BCUT2D eigenvalue weighted by molar-refractivity contribution is 5.60. The minimum atomic E-state index is -1.34. The third kappa shape index (κ3) is 6.00. The van der Waals surface area contributed by atoms with Gasteiger partial charge in [-0.2, -0.15) is 0 Å². The molecule has 8 nitrogen and oxygen atoms in total. The third-order valence-corrected chi connectivity index (χ3v) is 7.56. The van der Waals surface area contributed by atoms with E-state index in [-0.39, 0.29) is 18.6 Å². The Morgan fingerprint density at radius 1 is 1.03 bits per heavy atom. The molecule has 3 unspecified atom stereocenters. The second kappa shape index (κ2) is 10.7. The van der Waals surface area contributed by atoms with Gasteiger partial charge < -0.3 is 33.9 Å². The molecule has 1 aromatic rings. The monoisotopic (exact) mass is 492 g/mol. The molecule has 1 heterocycles. The van der Waals surface area contributed by atoms with Crippen LogP contribution in [0.5, 0.6) is 0 Å². The van der Waals surface area contributed by atoms with E-state index in [1.165, 1.54) is 0 Å². The van der Waals surface area contributed by atoms with Crippen molar-refractivity contribution in [3.05, 3.63) is 35.9 Å². The highest BCUT2D eigenvalue weighted by Gasteiger charge is 2.60. The molecule has 8 heteroatoms. The Hall–Kier alpha value is -1.71. The molecule has 0 radical (unpaired) electrons. The first-order chi connectivity index (χ1) is 16.6. The van der Waals surface area contributed by atoms with Crippen LogP contribution in [0.3, 0.4) is 0 Å². The lowest BCUT2D eigenvalue weighted by atomic mass is 9.75. The van der Waals surface area contributed by atoms with E-state index in [1.54, 1.807) is 13.8 Å². The minimum Gasteiger partial charge on any atom is -0.431 e. The highest BCUT2D eigenvalue weighted by Crippen LogP contribution is 2.41. The molecular weight excluding hydrogens is 452 g/mol. The Morgan fingerprint density at radius 2 is 1.71 bits per heavy atom. The van der Waals surface area contributed by atoms with Crippen LogP contribution in [0.2, 0.25) is 0 Å². The zero-order valence-electron chi connectivity index (χ0n) is 21.3. The molecule has 3 aliphatic rings. The molecule has 1 aromatic carbocycles. The van der Waals surface area contributed by atoms with Crippen molar-refractivity contribution in [1.82, 2.24) is 0 Å². The zero-order chi connectivity index (χ0) is 25.3. The number of aliphatic hydroxyl groups excluding tert-OH is 2. The maximum atomic E-state index is 13.1. The van der Waals surface area contributed by atoms with Gasteiger partial charge in [0.1, 0.15) is 36.6 Å². The van der Waals surface area contributed by atoms with Crippen LogP contribution in [0.25, 0.3) is 0 Å². The maximum absolute atomic E-state index is 13.1. The molecule has 2 saturated carbocycles. The average molecular weight is 493 g/mol. The number of ether oxygens (including phenoxy) is 5. The molecule has 3 fully saturated rings. The topological polar surface area (TPSA) is 104 Å². The molecule has 0 aromatic heterocycles. The van der Waals surface area contributed by atoms with Gasteiger partial charge in [-0.05, 0) is 50.0 Å².